The fourth-order valence-electron chi connectivity index (χ4n) is 4.52. The highest BCUT2D eigenvalue weighted by atomic mass is 16.5. The van der Waals surface area contributed by atoms with Crippen LogP contribution in [0.15, 0.2) is 24.3 Å². The summed E-state index contributed by atoms with van der Waals surface area (Å²) in [5, 5.41) is 3.04. The first-order chi connectivity index (χ1) is 13.6. The summed E-state index contributed by atoms with van der Waals surface area (Å²) in [6.07, 6.45) is 9.09. The van der Waals surface area contributed by atoms with Crippen molar-refractivity contribution in [3.63, 3.8) is 0 Å². The van der Waals surface area contributed by atoms with Crippen LogP contribution in [0.2, 0.25) is 0 Å². The molecule has 0 radical (unpaired) electrons. The first kappa shape index (κ1) is 21.1. The number of nitrogens with one attached hydrogen (secondary N) is 1. The zero-order valence-electron chi connectivity index (χ0n) is 17.5. The highest BCUT2D eigenvalue weighted by Crippen LogP contribution is 2.35. The van der Waals surface area contributed by atoms with Crippen molar-refractivity contribution in [3.8, 4) is 5.75 Å². The number of nitrogens with zero attached hydrogens (tertiary/aromatic N) is 1. The minimum absolute atomic E-state index is 0.0311. The maximum atomic E-state index is 12.9. The van der Waals surface area contributed by atoms with E-state index in [1.807, 2.05) is 24.3 Å². The van der Waals surface area contributed by atoms with Gasteiger partial charge in [0.05, 0.1) is 0 Å². The Morgan fingerprint density at radius 1 is 1.14 bits per heavy atom. The lowest BCUT2D eigenvalue weighted by atomic mass is 9.78. The summed E-state index contributed by atoms with van der Waals surface area (Å²) in [4.78, 5) is 15.4. The average molecular weight is 389 g/mol. The Morgan fingerprint density at radius 2 is 1.86 bits per heavy atom. The molecule has 2 unspecified atom stereocenters. The number of anilines is 1. The third-order valence-corrected chi connectivity index (χ3v) is 6.25. The number of methoxy groups -OCH3 is 1. The van der Waals surface area contributed by atoms with Crippen LogP contribution < -0.4 is 10.1 Å². The molecule has 1 aromatic carbocycles. The standard InChI is InChI=1S/C23H36N2O3/c1-19-8-7-13-23(18-19,27-2)22(26)24-20-9-11-21(12-10-20)28-17-16-25-14-5-3-4-6-15-25/h9-12,19H,3-8,13-18H2,1-2H3,(H,24,26). The first-order valence-electron chi connectivity index (χ1n) is 10.9. The van der Waals surface area contributed by atoms with E-state index in [0.29, 0.717) is 12.5 Å². The lowest BCUT2D eigenvalue weighted by molar-refractivity contribution is -0.143. The van der Waals surface area contributed by atoms with E-state index in [9.17, 15) is 4.79 Å². The molecule has 3 rings (SSSR count). The van der Waals surface area contributed by atoms with Crippen molar-refractivity contribution in [2.24, 2.45) is 5.92 Å². The Labute approximate surface area is 169 Å². The maximum Gasteiger partial charge on any atom is 0.256 e. The Bertz CT molecular complexity index is 611. The molecule has 1 N–H and O–H groups in total. The molecule has 5 nitrogen and oxygen atoms in total. The van der Waals surface area contributed by atoms with Gasteiger partial charge in [0.15, 0.2) is 0 Å². The van der Waals surface area contributed by atoms with Crippen LogP contribution in [-0.2, 0) is 9.53 Å². The van der Waals surface area contributed by atoms with Gasteiger partial charge in [-0.2, -0.15) is 0 Å². The number of carbonyl (C=O) groups excluding carboxylic acids is 1. The van der Waals surface area contributed by atoms with Gasteiger partial charge in [-0.25, -0.2) is 0 Å². The lowest BCUT2D eigenvalue weighted by Gasteiger charge is -2.37. The molecule has 1 aliphatic carbocycles. The first-order valence-corrected chi connectivity index (χ1v) is 10.9. The molecule has 28 heavy (non-hydrogen) atoms. The second kappa shape index (κ2) is 10.3. The molecule has 156 valence electrons. The van der Waals surface area contributed by atoms with E-state index in [2.05, 4.69) is 17.1 Å². The van der Waals surface area contributed by atoms with E-state index < -0.39 is 5.60 Å². The molecule has 1 saturated heterocycles. The Balaban J connectivity index is 1.47. The molecule has 5 heteroatoms. The van der Waals surface area contributed by atoms with Crippen molar-refractivity contribution in [1.82, 2.24) is 4.90 Å². The van der Waals surface area contributed by atoms with Gasteiger partial charge in [0.25, 0.3) is 5.91 Å². The van der Waals surface area contributed by atoms with Gasteiger partial charge in [-0.05, 0) is 75.4 Å². The molecule has 2 aliphatic rings. The highest BCUT2D eigenvalue weighted by Gasteiger charge is 2.41. The molecule has 0 bridgehead atoms. The van der Waals surface area contributed by atoms with Gasteiger partial charge in [-0.15, -0.1) is 0 Å². The smallest absolute Gasteiger partial charge is 0.256 e. The molecule has 0 aromatic heterocycles. The lowest BCUT2D eigenvalue weighted by Crippen LogP contribution is -2.47. The summed E-state index contributed by atoms with van der Waals surface area (Å²) in [6, 6.07) is 7.69. The summed E-state index contributed by atoms with van der Waals surface area (Å²) in [5.41, 5.74) is 0.0968. The number of benzene rings is 1. The number of ether oxygens (including phenoxy) is 2. The SMILES string of the molecule is COC1(C(=O)Nc2ccc(OCCN3CCCCCC3)cc2)CCCC(C)C1. The van der Waals surface area contributed by atoms with E-state index in [1.54, 1.807) is 7.11 Å². The van der Waals surface area contributed by atoms with Crippen LogP contribution in [0.25, 0.3) is 0 Å². The van der Waals surface area contributed by atoms with Crippen molar-refractivity contribution in [3.05, 3.63) is 24.3 Å². The van der Waals surface area contributed by atoms with Crippen molar-refractivity contribution in [2.45, 2.75) is 63.9 Å². The summed E-state index contributed by atoms with van der Waals surface area (Å²) < 4.78 is 11.6. The van der Waals surface area contributed by atoms with E-state index in [1.165, 1.54) is 45.2 Å². The minimum atomic E-state index is -0.694. The fraction of sp³-hybridized carbons (Fsp3) is 0.696. The van der Waals surface area contributed by atoms with E-state index >= 15 is 0 Å². The number of hydrogen-bond donors (Lipinski definition) is 1. The minimum Gasteiger partial charge on any atom is -0.492 e. The van der Waals surface area contributed by atoms with E-state index in [-0.39, 0.29) is 5.91 Å². The molecular weight excluding hydrogens is 352 g/mol. The second-order valence-corrected chi connectivity index (χ2v) is 8.48. The van der Waals surface area contributed by atoms with Gasteiger partial charge in [0.2, 0.25) is 0 Å². The van der Waals surface area contributed by atoms with Gasteiger partial charge >= 0.3 is 0 Å². The van der Waals surface area contributed by atoms with Crippen LogP contribution in [0.5, 0.6) is 5.75 Å². The zero-order valence-corrected chi connectivity index (χ0v) is 17.5. The van der Waals surface area contributed by atoms with Gasteiger partial charge in [0, 0.05) is 19.3 Å². The maximum absolute atomic E-state index is 12.9. The summed E-state index contributed by atoms with van der Waals surface area (Å²) in [6.45, 7) is 6.25. The Kier molecular flexibility index (Phi) is 7.74. The third kappa shape index (κ3) is 5.71. The monoisotopic (exact) mass is 388 g/mol. The Hall–Kier alpha value is -1.59. The quantitative estimate of drug-likeness (QED) is 0.748. The van der Waals surface area contributed by atoms with Crippen LogP contribution in [0.1, 0.15) is 58.3 Å². The number of amides is 1. The molecule has 0 spiro atoms. The largest absolute Gasteiger partial charge is 0.492 e. The van der Waals surface area contributed by atoms with Gasteiger partial charge in [-0.3, -0.25) is 9.69 Å². The topological polar surface area (TPSA) is 50.8 Å². The molecule has 2 atom stereocenters. The molecule has 1 aromatic rings. The molecular formula is C23H36N2O3. The van der Waals surface area contributed by atoms with Gasteiger partial charge in [0.1, 0.15) is 18.0 Å². The predicted molar refractivity (Wildman–Crippen MR) is 113 cm³/mol. The molecule has 2 fully saturated rings. The van der Waals surface area contributed by atoms with Gasteiger partial charge in [-0.1, -0.05) is 26.2 Å². The molecule has 1 amide bonds. The normalized spacial score (nSPS) is 26.4. The van der Waals surface area contributed by atoms with Crippen molar-refractivity contribution < 1.29 is 14.3 Å². The van der Waals surface area contributed by atoms with Crippen LogP contribution >= 0.6 is 0 Å². The fourth-order valence-corrected chi connectivity index (χ4v) is 4.52. The van der Waals surface area contributed by atoms with E-state index in [4.69, 9.17) is 9.47 Å². The number of carbonyl (C=O) groups is 1. The highest BCUT2D eigenvalue weighted by molar-refractivity contribution is 5.97. The Morgan fingerprint density at radius 3 is 2.50 bits per heavy atom. The number of rotatable bonds is 7. The zero-order chi connectivity index (χ0) is 19.8. The van der Waals surface area contributed by atoms with Gasteiger partial charge < -0.3 is 14.8 Å². The van der Waals surface area contributed by atoms with Crippen molar-refractivity contribution in [1.29, 1.82) is 0 Å². The van der Waals surface area contributed by atoms with Crippen LogP contribution in [0, 0.1) is 5.92 Å². The van der Waals surface area contributed by atoms with Crippen molar-refractivity contribution >= 4 is 11.6 Å². The molecule has 1 saturated carbocycles. The van der Waals surface area contributed by atoms with Crippen LogP contribution in [-0.4, -0.2) is 49.8 Å². The summed E-state index contributed by atoms with van der Waals surface area (Å²) >= 11 is 0. The predicted octanol–water partition coefficient (Wildman–Crippen LogP) is 4.48. The van der Waals surface area contributed by atoms with Crippen LogP contribution in [0.3, 0.4) is 0 Å². The average Bonchev–Trinajstić information content (AvgIpc) is 2.98. The summed E-state index contributed by atoms with van der Waals surface area (Å²) in [7, 11) is 1.65. The van der Waals surface area contributed by atoms with E-state index in [0.717, 1.165) is 37.2 Å². The second-order valence-electron chi connectivity index (χ2n) is 8.48. The third-order valence-electron chi connectivity index (χ3n) is 6.25. The molecule has 1 heterocycles. The number of likely N-dealkylation sites (tertiary alicyclic amines) is 1. The molecule has 1 aliphatic heterocycles. The summed E-state index contributed by atoms with van der Waals surface area (Å²) in [5.74, 6) is 1.33. The number of hydrogen-bond acceptors (Lipinski definition) is 4. The van der Waals surface area contributed by atoms with Crippen molar-refractivity contribution in [2.75, 3.05) is 38.7 Å². The van der Waals surface area contributed by atoms with Crippen LogP contribution in [0.4, 0.5) is 5.69 Å².